The normalized spacial score (nSPS) is 16.1. The zero-order chi connectivity index (χ0) is 18.6. The Morgan fingerprint density at radius 2 is 1.70 bits per heavy atom. The number of benzene rings is 2. The molecule has 27 heavy (non-hydrogen) atoms. The van der Waals surface area contributed by atoms with Crippen molar-refractivity contribution in [3.63, 3.8) is 0 Å². The van der Waals surface area contributed by atoms with E-state index in [0.717, 1.165) is 38.4 Å². The van der Waals surface area contributed by atoms with E-state index in [1.807, 2.05) is 11.0 Å². The van der Waals surface area contributed by atoms with Crippen molar-refractivity contribution in [3.05, 3.63) is 65.2 Å². The summed E-state index contributed by atoms with van der Waals surface area (Å²) in [6, 6.07) is 16.8. The Hall–Kier alpha value is -2.82. The first-order chi connectivity index (χ1) is 13.3. The molecule has 0 saturated carbocycles. The Kier molecular flexibility index (Phi) is 5.10. The van der Waals surface area contributed by atoms with Crippen molar-refractivity contribution >= 4 is 17.6 Å². The number of anilines is 1. The summed E-state index contributed by atoms with van der Waals surface area (Å²) in [5, 5.41) is 3.34. The summed E-state index contributed by atoms with van der Waals surface area (Å²) in [6.07, 6.45) is 1.93. The van der Waals surface area contributed by atoms with Gasteiger partial charge in [-0.15, -0.1) is 0 Å². The fraction of sp³-hybridized carbons (Fsp3) is 0.364. The predicted molar refractivity (Wildman–Crippen MR) is 109 cm³/mol. The van der Waals surface area contributed by atoms with E-state index in [2.05, 4.69) is 64.6 Å². The van der Waals surface area contributed by atoms with E-state index in [0.29, 0.717) is 6.54 Å². The lowest BCUT2D eigenvalue weighted by Gasteiger charge is -2.29. The summed E-state index contributed by atoms with van der Waals surface area (Å²) in [6.45, 7) is 5.38. The number of aliphatic imine (C=N–C) groups is 1. The number of rotatable bonds is 3. The maximum atomic E-state index is 12.7. The van der Waals surface area contributed by atoms with Gasteiger partial charge >= 0.3 is 0 Å². The van der Waals surface area contributed by atoms with Gasteiger partial charge in [-0.1, -0.05) is 42.5 Å². The van der Waals surface area contributed by atoms with Crippen LogP contribution >= 0.6 is 0 Å². The fourth-order valence-electron chi connectivity index (χ4n) is 3.90. The third-order valence-corrected chi connectivity index (χ3v) is 5.33. The number of guanidine groups is 1. The molecule has 4 rings (SSSR count). The van der Waals surface area contributed by atoms with Crippen molar-refractivity contribution in [1.29, 1.82) is 0 Å². The van der Waals surface area contributed by atoms with E-state index in [1.54, 1.807) is 0 Å². The van der Waals surface area contributed by atoms with Crippen LogP contribution in [-0.4, -0.2) is 42.9 Å². The number of hydrogen-bond acceptors (Lipinski definition) is 2. The molecule has 0 fully saturated rings. The lowest BCUT2D eigenvalue weighted by molar-refractivity contribution is -0.130. The van der Waals surface area contributed by atoms with Crippen molar-refractivity contribution in [1.82, 2.24) is 10.2 Å². The van der Waals surface area contributed by atoms with Gasteiger partial charge in [0.15, 0.2) is 5.96 Å². The first kappa shape index (κ1) is 17.6. The molecule has 1 N–H and O–H groups in total. The van der Waals surface area contributed by atoms with Gasteiger partial charge in [0.25, 0.3) is 0 Å². The second-order valence-electron chi connectivity index (χ2n) is 7.03. The third-order valence-electron chi connectivity index (χ3n) is 5.33. The molecule has 5 nitrogen and oxygen atoms in total. The summed E-state index contributed by atoms with van der Waals surface area (Å²) in [5.41, 5.74) is 5.13. The van der Waals surface area contributed by atoms with E-state index >= 15 is 0 Å². The van der Waals surface area contributed by atoms with E-state index in [-0.39, 0.29) is 12.5 Å². The van der Waals surface area contributed by atoms with Gasteiger partial charge in [-0.25, -0.2) is 4.99 Å². The molecule has 0 aliphatic carbocycles. The standard InChI is InChI=1S/C22H26N4O/c1-2-23-22(26-14-12-18-8-5-6-10-20(18)26)24-15-21(27)25-13-11-17-7-3-4-9-19(17)16-25/h3-10H,2,11-16H2,1H3,(H,23,24). The lowest BCUT2D eigenvalue weighted by atomic mass is 10.00. The number of nitrogens with one attached hydrogen (secondary N) is 1. The minimum Gasteiger partial charge on any atom is -0.356 e. The molecule has 0 bridgehead atoms. The first-order valence-corrected chi connectivity index (χ1v) is 9.74. The van der Waals surface area contributed by atoms with Gasteiger partial charge in [-0.2, -0.15) is 0 Å². The third kappa shape index (κ3) is 3.68. The highest BCUT2D eigenvalue weighted by Crippen LogP contribution is 2.27. The second-order valence-corrected chi connectivity index (χ2v) is 7.03. The molecule has 2 aromatic rings. The van der Waals surface area contributed by atoms with Crippen molar-refractivity contribution in [3.8, 4) is 0 Å². The van der Waals surface area contributed by atoms with Crippen LogP contribution in [-0.2, 0) is 24.2 Å². The molecule has 2 heterocycles. The Labute approximate surface area is 160 Å². The molecule has 0 spiro atoms. The molecular formula is C22H26N4O. The van der Waals surface area contributed by atoms with E-state index in [1.165, 1.54) is 22.4 Å². The van der Waals surface area contributed by atoms with Crippen LogP contribution in [0.2, 0.25) is 0 Å². The maximum absolute atomic E-state index is 12.7. The number of carbonyl (C=O) groups excluding carboxylic acids is 1. The molecule has 0 radical (unpaired) electrons. The summed E-state index contributed by atoms with van der Waals surface area (Å²) in [5.74, 6) is 0.889. The largest absolute Gasteiger partial charge is 0.356 e. The summed E-state index contributed by atoms with van der Waals surface area (Å²) >= 11 is 0. The van der Waals surface area contributed by atoms with Gasteiger partial charge in [0.05, 0.1) is 0 Å². The molecule has 0 unspecified atom stereocenters. The zero-order valence-corrected chi connectivity index (χ0v) is 15.8. The monoisotopic (exact) mass is 362 g/mol. The number of fused-ring (bicyclic) bond motifs is 2. The second kappa shape index (κ2) is 7.82. The smallest absolute Gasteiger partial charge is 0.244 e. The quantitative estimate of drug-likeness (QED) is 0.674. The summed E-state index contributed by atoms with van der Waals surface area (Å²) in [4.78, 5) is 21.5. The highest BCUT2D eigenvalue weighted by molar-refractivity contribution is 5.99. The molecule has 1 amide bonds. The van der Waals surface area contributed by atoms with Gasteiger partial charge < -0.3 is 15.1 Å². The molecule has 2 aliphatic rings. The number of hydrogen-bond donors (Lipinski definition) is 1. The van der Waals surface area contributed by atoms with Crippen molar-refractivity contribution < 1.29 is 4.79 Å². The SMILES string of the molecule is CCNC(=NCC(=O)N1CCc2ccccc2C1)N1CCc2ccccc21. The molecule has 0 atom stereocenters. The highest BCUT2D eigenvalue weighted by atomic mass is 16.2. The van der Waals surface area contributed by atoms with E-state index in [4.69, 9.17) is 0 Å². The van der Waals surface area contributed by atoms with Crippen molar-refractivity contribution in [2.24, 2.45) is 4.99 Å². The van der Waals surface area contributed by atoms with Crippen LogP contribution in [0, 0.1) is 0 Å². The highest BCUT2D eigenvalue weighted by Gasteiger charge is 2.24. The number of carbonyl (C=O) groups is 1. The van der Waals surface area contributed by atoms with Gasteiger partial charge in [-0.05, 0) is 42.5 Å². The van der Waals surface area contributed by atoms with Crippen LogP contribution < -0.4 is 10.2 Å². The Balaban J connectivity index is 1.46. The van der Waals surface area contributed by atoms with E-state index in [9.17, 15) is 4.79 Å². The summed E-state index contributed by atoms with van der Waals surface area (Å²) < 4.78 is 0. The van der Waals surface area contributed by atoms with Crippen LogP contribution in [0.4, 0.5) is 5.69 Å². The molecule has 140 valence electrons. The molecule has 0 aromatic heterocycles. The molecule has 5 heteroatoms. The molecule has 2 aromatic carbocycles. The van der Waals surface area contributed by atoms with Crippen molar-refractivity contribution in [2.75, 3.05) is 31.1 Å². The van der Waals surface area contributed by atoms with Crippen LogP contribution in [0.15, 0.2) is 53.5 Å². The van der Waals surface area contributed by atoms with Gasteiger partial charge in [0.1, 0.15) is 6.54 Å². The van der Waals surface area contributed by atoms with Gasteiger partial charge in [-0.3, -0.25) is 4.79 Å². The molecular weight excluding hydrogens is 336 g/mol. The Morgan fingerprint density at radius 3 is 2.52 bits per heavy atom. The van der Waals surface area contributed by atoms with E-state index < -0.39 is 0 Å². The Bertz CT molecular complexity index is 861. The first-order valence-electron chi connectivity index (χ1n) is 9.74. The zero-order valence-electron chi connectivity index (χ0n) is 15.8. The molecule has 2 aliphatic heterocycles. The summed E-state index contributed by atoms with van der Waals surface area (Å²) in [7, 11) is 0. The number of nitrogens with zero attached hydrogens (tertiary/aromatic N) is 3. The van der Waals surface area contributed by atoms with Crippen molar-refractivity contribution in [2.45, 2.75) is 26.3 Å². The van der Waals surface area contributed by atoms with Crippen LogP contribution in [0.1, 0.15) is 23.6 Å². The van der Waals surface area contributed by atoms with Crippen LogP contribution in [0.25, 0.3) is 0 Å². The lowest BCUT2D eigenvalue weighted by Crippen LogP contribution is -2.42. The Morgan fingerprint density at radius 1 is 1.00 bits per heavy atom. The topological polar surface area (TPSA) is 47.9 Å². The average molecular weight is 362 g/mol. The van der Waals surface area contributed by atoms with Crippen LogP contribution in [0.5, 0.6) is 0 Å². The minimum absolute atomic E-state index is 0.0902. The van der Waals surface area contributed by atoms with Gasteiger partial charge in [0, 0.05) is 31.9 Å². The fourth-order valence-corrected chi connectivity index (χ4v) is 3.90. The van der Waals surface area contributed by atoms with Gasteiger partial charge in [0.2, 0.25) is 5.91 Å². The minimum atomic E-state index is 0.0902. The number of para-hydroxylation sites is 1. The molecule has 0 saturated heterocycles. The number of amides is 1. The maximum Gasteiger partial charge on any atom is 0.244 e. The average Bonchev–Trinajstić information content (AvgIpc) is 3.14. The van der Waals surface area contributed by atoms with Crippen LogP contribution in [0.3, 0.4) is 0 Å². The predicted octanol–water partition coefficient (Wildman–Crippen LogP) is 2.60.